The van der Waals surface area contributed by atoms with Gasteiger partial charge in [-0.2, -0.15) is 0 Å². The van der Waals surface area contributed by atoms with E-state index in [0.29, 0.717) is 23.8 Å². The molecule has 1 heterocycles. The molecule has 0 aliphatic carbocycles. The second kappa shape index (κ2) is 8.53. The molecule has 1 aliphatic rings. The van der Waals surface area contributed by atoms with Crippen LogP contribution in [0.3, 0.4) is 0 Å². The van der Waals surface area contributed by atoms with E-state index in [1.165, 1.54) is 24.3 Å². The molecule has 0 saturated carbocycles. The Balaban J connectivity index is 1.93. The molecule has 28 heavy (non-hydrogen) atoms. The van der Waals surface area contributed by atoms with E-state index >= 15 is 0 Å². The third kappa shape index (κ3) is 4.50. The normalized spacial score (nSPS) is 14.8. The number of nitro benzene ring substituents is 1. The van der Waals surface area contributed by atoms with Crippen LogP contribution in [0.4, 0.5) is 17.1 Å². The SMILES string of the molecule is CN1CCN(c2cc(NC(=O)c3ccc(Cl)cc3Cl)c(Cl)cc2[N+](=O)[O-])CC1. The monoisotopic (exact) mass is 442 g/mol. The maximum absolute atomic E-state index is 12.6. The topological polar surface area (TPSA) is 78.7 Å². The molecule has 1 fully saturated rings. The van der Waals surface area contributed by atoms with Crippen LogP contribution >= 0.6 is 34.8 Å². The Morgan fingerprint density at radius 1 is 1.07 bits per heavy atom. The highest BCUT2D eigenvalue weighted by atomic mass is 35.5. The van der Waals surface area contributed by atoms with Crippen LogP contribution < -0.4 is 10.2 Å². The molecule has 0 spiro atoms. The van der Waals surface area contributed by atoms with Gasteiger partial charge < -0.3 is 15.1 Å². The maximum atomic E-state index is 12.6. The number of hydrogen-bond donors (Lipinski definition) is 1. The van der Waals surface area contributed by atoms with Gasteiger partial charge in [0.25, 0.3) is 11.6 Å². The zero-order chi connectivity index (χ0) is 20.4. The van der Waals surface area contributed by atoms with E-state index in [9.17, 15) is 14.9 Å². The van der Waals surface area contributed by atoms with Gasteiger partial charge in [-0.25, -0.2) is 0 Å². The van der Waals surface area contributed by atoms with Crippen LogP contribution in [0, 0.1) is 10.1 Å². The zero-order valence-electron chi connectivity index (χ0n) is 14.9. The lowest BCUT2D eigenvalue weighted by Crippen LogP contribution is -2.44. The smallest absolute Gasteiger partial charge is 0.294 e. The van der Waals surface area contributed by atoms with E-state index in [0.717, 1.165) is 13.1 Å². The predicted octanol–water partition coefficient (Wildman–Crippen LogP) is 4.56. The van der Waals surface area contributed by atoms with Crippen molar-refractivity contribution in [3.05, 3.63) is 61.1 Å². The number of hydrogen-bond acceptors (Lipinski definition) is 5. The van der Waals surface area contributed by atoms with Gasteiger partial charge in [0.05, 0.1) is 26.2 Å². The summed E-state index contributed by atoms with van der Waals surface area (Å²) in [6, 6.07) is 7.31. The number of nitrogens with one attached hydrogen (secondary N) is 1. The van der Waals surface area contributed by atoms with E-state index in [2.05, 4.69) is 10.2 Å². The summed E-state index contributed by atoms with van der Waals surface area (Å²) < 4.78 is 0. The van der Waals surface area contributed by atoms with Gasteiger partial charge in [0.1, 0.15) is 5.69 Å². The third-order valence-corrected chi connectivity index (χ3v) is 5.39. The summed E-state index contributed by atoms with van der Waals surface area (Å²) in [6.45, 7) is 2.83. The fourth-order valence-electron chi connectivity index (χ4n) is 2.96. The first-order valence-electron chi connectivity index (χ1n) is 8.44. The van der Waals surface area contributed by atoms with Crippen molar-refractivity contribution in [3.63, 3.8) is 0 Å². The summed E-state index contributed by atoms with van der Waals surface area (Å²) in [7, 11) is 2.00. The fraction of sp³-hybridized carbons (Fsp3) is 0.278. The number of amides is 1. The number of benzene rings is 2. The van der Waals surface area contributed by atoms with Crippen molar-refractivity contribution in [3.8, 4) is 0 Å². The molecule has 148 valence electrons. The van der Waals surface area contributed by atoms with E-state index in [-0.39, 0.29) is 27.0 Å². The van der Waals surface area contributed by atoms with Crippen molar-refractivity contribution in [1.29, 1.82) is 0 Å². The van der Waals surface area contributed by atoms with Gasteiger partial charge in [-0.15, -0.1) is 0 Å². The molecular weight excluding hydrogens is 427 g/mol. The Morgan fingerprint density at radius 3 is 2.36 bits per heavy atom. The minimum absolute atomic E-state index is 0.0722. The summed E-state index contributed by atoms with van der Waals surface area (Å²) >= 11 is 18.1. The van der Waals surface area contributed by atoms with Crippen molar-refractivity contribution in [2.45, 2.75) is 0 Å². The minimum atomic E-state index is -0.484. The van der Waals surface area contributed by atoms with Gasteiger partial charge in [0, 0.05) is 37.3 Å². The number of piperazine rings is 1. The number of likely N-dealkylation sites (N-methyl/N-ethyl adjacent to an activating group) is 1. The Morgan fingerprint density at radius 2 is 1.75 bits per heavy atom. The first-order valence-corrected chi connectivity index (χ1v) is 9.57. The molecule has 2 aromatic carbocycles. The quantitative estimate of drug-likeness (QED) is 0.553. The van der Waals surface area contributed by atoms with Crippen LogP contribution in [0.5, 0.6) is 0 Å². The molecule has 3 rings (SSSR count). The average Bonchev–Trinajstić information content (AvgIpc) is 2.63. The highest BCUT2D eigenvalue weighted by Crippen LogP contribution is 2.37. The first kappa shape index (κ1) is 20.7. The van der Waals surface area contributed by atoms with Gasteiger partial charge in [-0.1, -0.05) is 34.8 Å². The summed E-state index contributed by atoms with van der Waals surface area (Å²) in [5, 5.41) is 14.9. The number of rotatable bonds is 4. The highest BCUT2D eigenvalue weighted by molar-refractivity contribution is 6.38. The number of carbonyl (C=O) groups is 1. The van der Waals surface area contributed by atoms with Crippen molar-refractivity contribution in [2.75, 3.05) is 43.4 Å². The number of nitrogens with zero attached hydrogens (tertiary/aromatic N) is 3. The molecule has 0 unspecified atom stereocenters. The molecule has 0 bridgehead atoms. The fourth-order valence-corrected chi connectivity index (χ4v) is 3.66. The third-order valence-electron chi connectivity index (χ3n) is 4.53. The summed E-state index contributed by atoms with van der Waals surface area (Å²) in [5.74, 6) is -0.484. The highest BCUT2D eigenvalue weighted by Gasteiger charge is 2.25. The molecule has 7 nitrogen and oxygen atoms in total. The van der Waals surface area contributed by atoms with E-state index in [1.54, 1.807) is 6.07 Å². The molecule has 1 N–H and O–H groups in total. The van der Waals surface area contributed by atoms with Gasteiger partial charge in [-0.05, 0) is 31.3 Å². The Kier molecular flexibility index (Phi) is 6.30. The van der Waals surface area contributed by atoms with E-state index < -0.39 is 10.8 Å². The summed E-state index contributed by atoms with van der Waals surface area (Å²) in [4.78, 5) is 27.7. The van der Waals surface area contributed by atoms with Crippen molar-refractivity contribution < 1.29 is 9.72 Å². The molecule has 1 amide bonds. The Labute approximate surface area is 176 Å². The average molecular weight is 444 g/mol. The van der Waals surface area contributed by atoms with E-state index in [1.807, 2.05) is 11.9 Å². The lowest BCUT2D eigenvalue weighted by molar-refractivity contribution is -0.384. The Bertz CT molecular complexity index is 931. The molecule has 0 radical (unpaired) electrons. The van der Waals surface area contributed by atoms with Crippen molar-refractivity contribution >= 4 is 57.8 Å². The van der Waals surface area contributed by atoms with Crippen LogP contribution in [-0.4, -0.2) is 49.0 Å². The molecule has 10 heteroatoms. The number of carbonyl (C=O) groups excluding carboxylic acids is 1. The standard InChI is InChI=1S/C18H17Cl3N4O3/c1-23-4-6-24(7-5-23)16-10-15(14(21)9-17(16)25(27)28)22-18(26)12-3-2-11(19)8-13(12)20/h2-3,8-10H,4-7H2,1H3,(H,22,26). The van der Waals surface area contributed by atoms with Crippen molar-refractivity contribution in [2.24, 2.45) is 0 Å². The molecular formula is C18H17Cl3N4O3. The molecule has 2 aromatic rings. The molecule has 0 atom stereocenters. The van der Waals surface area contributed by atoms with E-state index in [4.69, 9.17) is 34.8 Å². The lowest BCUT2D eigenvalue weighted by Gasteiger charge is -2.33. The summed E-state index contributed by atoms with van der Waals surface area (Å²) in [5.41, 5.74) is 0.816. The van der Waals surface area contributed by atoms with Crippen LogP contribution in [0.2, 0.25) is 15.1 Å². The number of anilines is 2. The number of nitro groups is 1. The predicted molar refractivity (Wildman–Crippen MR) is 112 cm³/mol. The molecule has 0 aromatic heterocycles. The van der Waals surface area contributed by atoms with Gasteiger partial charge in [0.15, 0.2) is 0 Å². The lowest BCUT2D eigenvalue weighted by atomic mass is 10.1. The van der Waals surface area contributed by atoms with Crippen LogP contribution in [0.25, 0.3) is 0 Å². The first-order chi connectivity index (χ1) is 13.3. The molecule has 1 saturated heterocycles. The van der Waals surface area contributed by atoms with Crippen molar-refractivity contribution in [1.82, 2.24) is 4.90 Å². The zero-order valence-corrected chi connectivity index (χ0v) is 17.2. The second-order valence-electron chi connectivity index (χ2n) is 6.45. The largest absolute Gasteiger partial charge is 0.363 e. The number of halogens is 3. The Hall–Kier alpha value is -2.06. The van der Waals surface area contributed by atoms with Gasteiger partial charge >= 0.3 is 0 Å². The van der Waals surface area contributed by atoms with Crippen LogP contribution in [0.15, 0.2) is 30.3 Å². The van der Waals surface area contributed by atoms with Gasteiger partial charge in [-0.3, -0.25) is 14.9 Å². The van der Waals surface area contributed by atoms with Gasteiger partial charge in [0.2, 0.25) is 0 Å². The molecule has 1 aliphatic heterocycles. The van der Waals surface area contributed by atoms with Crippen LogP contribution in [-0.2, 0) is 0 Å². The maximum Gasteiger partial charge on any atom is 0.294 e. The van der Waals surface area contributed by atoms with Crippen LogP contribution in [0.1, 0.15) is 10.4 Å². The second-order valence-corrected chi connectivity index (χ2v) is 7.70. The summed E-state index contributed by atoms with van der Waals surface area (Å²) in [6.07, 6.45) is 0. The minimum Gasteiger partial charge on any atom is -0.363 e.